The lowest BCUT2D eigenvalue weighted by Gasteiger charge is -2.29. The Labute approximate surface area is 118 Å². The van der Waals surface area contributed by atoms with Crippen molar-refractivity contribution < 1.29 is 18.3 Å². The van der Waals surface area contributed by atoms with Crippen molar-refractivity contribution in [2.75, 3.05) is 17.8 Å². The van der Waals surface area contributed by atoms with Crippen molar-refractivity contribution in [3.8, 4) is 0 Å². The van der Waals surface area contributed by atoms with Gasteiger partial charge in [0.05, 0.1) is 5.69 Å². The minimum absolute atomic E-state index is 0.0426. The van der Waals surface area contributed by atoms with Crippen molar-refractivity contribution in [1.82, 2.24) is 9.29 Å². The number of anilines is 1. The fourth-order valence-electron chi connectivity index (χ4n) is 2.31. The molecule has 0 bridgehead atoms. The zero-order chi connectivity index (χ0) is 14.9. The molecule has 0 amide bonds. The van der Waals surface area contributed by atoms with Gasteiger partial charge in [0.2, 0.25) is 0 Å². The fourth-order valence-corrected chi connectivity index (χ4v) is 3.57. The molecule has 0 aliphatic carbocycles. The van der Waals surface area contributed by atoms with E-state index >= 15 is 0 Å². The van der Waals surface area contributed by atoms with Crippen LogP contribution in [0.3, 0.4) is 0 Å². The van der Waals surface area contributed by atoms with Crippen LogP contribution in [0.15, 0.2) is 6.20 Å². The van der Waals surface area contributed by atoms with Crippen LogP contribution >= 0.6 is 0 Å². The number of carboxylic acid groups (broad SMARTS) is 1. The van der Waals surface area contributed by atoms with E-state index in [1.807, 2.05) is 0 Å². The van der Waals surface area contributed by atoms with Crippen LogP contribution < -0.4 is 4.72 Å². The zero-order valence-corrected chi connectivity index (χ0v) is 12.3. The fraction of sp³-hybridized carbons (Fsp3) is 0.583. The zero-order valence-electron chi connectivity index (χ0n) is 11.5. The van der Waals surface area contributed by atoms with Crippen LogP contribution in [-0.2, 0) is 10.2 Å². The first kappa shape index (κ1) is 14.9. The van der Waals surface area contributed by atoms with Gasteiger partial charge in [0.15, 0.2) is 0 Å². The van der Waals surface area contributed by atoms with Gasteiger partial charge in [-0.1, -0.05) is 6.92 Å². The van der Waals surface area contributed by atoms with Gasteiger partial charge in [0.1, 0.15) is 5.56 Å². The minimum atomic E-state index is -3.70. The minimum Gasteiger partial charge on any atom is -0.478 e. The molecule has 3 N–H and O–H groups in total. The van der Waals surface area contributed by atoms with Crippen LogP contribution in [0.2, 0.25) is 0 Å². The predicted molar refractivity (Wildman–Crippen MR) is 75.0 cm³/mol. The Morgan fingerprint density at radius 3 is 2.60 bits per heavy atom. The molecular formula is C12H19N3O4S. The number of hydrogen-bond donors (Lipinski definition) is 3. The molecule has 7 nitrogen and oxygen atoms in total. The Bertz CT molecular complexity index is 600. The summed E-state index contributed by atoms with van der Waals surface area (Å²) in [5.41, 5.74) is 0.454. The SMILES string of the molecule is Cc1[nH]cc(NS(=O)(=O)N2CCC(C)CC2)c1C(=O)O. The largest absolute Gasteiger partial charge is 0.478 e. The third kappa shape index (κ3) is 2.96. The van der Waals surface area contributed by atoms with Gasteiger partial charge in [-0.05, 0) is 25.7 Å². The molecule has 1 fully saturated rings. The van der Waals surface area contributed by atoms with E-state index in [-0.39, 0.29) is 11.3 Å². The van der Waals surface area contributed by atoms with E-state index in [1.54, 1.807) is 6.92 Å². The van der Waals surface area contributed by atoms with E-state index in [4.69, 9.17) is 5.11 Å². The number of nitrogens with zero attached hydrogens (tertiary/aromatic N) is 1. The maximum Gasteiger partial charge on any atom is 0.339 e. The van der Waals surface area contributed by atoms with E-state index in [0.717, 1.165) is 12.8 Å². The maximum absolute atomic E-state index is 12.3. The van der Waals surface area contributed by atoms with E-state index in [2.05, 4.69) is 16.6 Å². The summed E-state index contributed by atoms with van der Waals surface area (Å²) in [4.78, 5) is 13.9. The molecule has 0 aromatic carbocycles. The lowest BCUT2D eigenvalue weighted by atomic mass is 10.0. The van der Waals surface area contributed by atoms with Crippen LogP contribution in [0, 0.1) is 12.8 Å². The second kappa shape index (κ2) is 5.45. The van der Waals surface area contributed by atoms with Crippen LogP contribution in [0.25, 0.3) is 0 Å². The molecule has 112 valence electrons. The second-order valence-electron chi connectivity index (χ2n) is 5.20. The normalized spacial score (nSPS) is 18.1. The molecule has 2 heterocycles. The highest BCUT2D eigenvalue weighted by atomic mass is 32.2. The number of carbonyl (C=O) groups is 1. The van der Waals surface area contributed by atoms with Crippen molar-refractivity contribution in [1.29, 1.82) is 0 Å². The van der Waals surface area contributed by atoms with Crippen LogP contribution in [-0.4, -0.2) is 41.9 Å². The second-order valence-corrected chi connectivity index (χ2v) is 6.87. The molecule has 1 aromatic rings. The summed E-state index contributed by atoms with van der Waals surface area (Å²) in [6, 6.07) is 0. The number of carboxylic acids is 1. The molecule has 1 saturated heterocycles. The number of aromatic carboxylic acids is 1. The van der Waals surface area contributed by atoms with Crippen molar-refractivity contribution in [3.05, 3.63) is 17.5 Å². The molecule has 1 aliphatic rings. The molecule has 2 rings (SSSR count). The number of hydrogen-bond acceptors (Lipinski definition) is 3. The van der Waals surface area contributed by atoms with Crippen molar-refractivity contribution >= 4 is 21.9 Å². The van der Waals surface area contributed by atoms with Crippen LogP contribution in [0.5, 0.6) is 0 Å². The summed E-state index contributed by atoms with van der Waals surface area (Å²) in [5.74, 6) is -0.640. The Balaban J connectivity index is 2.19. The Hall–Kier alpha value is -1.54. The van der Waals surface area contributed by atoms with Gasteiger partial charge in [-0.2, -0.15) is 12.7 Å². The average molecular weight is 301 g/mol. The van der Waals surface area contributed by atoms with Crippen molar-refractivity contribution in [3.63, 3.8) is 0 Å². The molecule has 20 heavy (non-hydrogen) atoms. The van der Waals surface area contributed by atoms with Gasteiger partial charge in [-0.25, -0.2) is 4.79 Å². The third-order valence-corrected chi connectivity index (χ3v) is 5.14. The van der Waals surface area contributed by atoms with Gasteiger partial charge < -0.3 is 10.1 Å². The molecular weight excluding hydrogens is 282 g/mol. The van der Waals surface area contributed by atoms with Gasteiger partial charge in [0, 0.05) is 25.0 Å². The van der Waals surface area contributed by atoms with Crippen molar-refractivity contribution in [2.24, 2.45) is 5.92 Å². The van der Waals surface area contributed by atoms with E-state index in [0.29, 0.717) is 24.7 Å². The number of aromatic nitrogens is 1. The standard InChI is InChI=1S/C12H19N3O4S/c1-8-3-5-15(6-4-8)20(18,19)14-10-7-13-9(2)11(10)12(16)17/h7-8,13-14H,3-6H2,1-2H3,(H,16,17). The lowest BCUT2D eigenvalue weighted by Crippen LogP contribution is -2.41. The average Bonchev–Trinajstić information content (AvgIpc) is 2.70. The van der Waals surface area contributed by atoms with Gasteiger partial charge >= 0.3 is 16.2 Å². The summed E-state index contributed by atoms with van der Waals surface area (Å²) in [6.07, 6.45) is 3.00. The molecule has 0 atom stereocenters. The summed E-state index contributed by atoms with van der Waals surface area (Å²) in [7, 11) is -3.70. The summed E-state index contributed by atoms with van der Waals surface area (Å²) in [5, 5.41) is 9.11. The van der Waals surface area contributed by atoms with E-state index in [9.17, 15) is 13.2 Å². The maximum atomic E-state index is 12.3. The number of H-pyrrole nitrogens is 1. The van der Waals surface area contributed by atoms with Crippen LogP contribution in [0.1, 0.15) is 35.8 Å². The summed E-state index contributed by atoms with van der Waals surface area (Å²) in [6.45, 7) is 4.60. The van der Waals surface area contributed by atoms with E-state index < -0.39 is 16.2 Å². The Morgan fingerprint density at radius 2 is 2.05 bits per heavy atom. The quantitative estimate of drug-likeness (QED) is 0.782. The van der Waals surface area contributed by atoms with Gasteiger partial charge in [-0.3, -0.25) is 4.72 Å². The van der Waals surface area contributed by atoms with Gasteiger partial charge in [0.25, 0.3) is 0 Å². The number of nitrogens with one attached hydrogen (secondary N) is 2. The first-order valence-corrected chi connectivity index (χ1v) is 7.94. The summed E-state index contributed by atoms with van der Waals surface area (Å²) >= 11 is 0. The van der Waals surface area contributed by atoms with Crippen LogP contribution in [0.4, 0.5) is 5.69 Å². The molecule has 0 saturated carbocycles. The smallest absolute Gasteiger partial charge is 0.339 e. The van der Waals surface area contributed by atoms with Crippen molar-refractivity contribution in [2.45, 2.75) is 26.7 Å². The topological polar surface area (TPSA) is 103 Å². The molecule has 0 unspecified atom stereocenters. The number of rotatable bonds is 4. The third-order valence-electron chi connectivity index (χ3n) is 3.61. The summed E-state index contributed by atoms with van der Waals surface area (Å²) < 4.78 is 28.2. The predicted octanol–water partition coefficient (Wildman–Crippen LogP) is 1.41. The molecule has 1 aliphatic heterocycles. The molecule has 0 spiro atoms. The first-order chi connectivity index (χ1) is 9.31. The monoisotopic (exact) mass is 301 g/mol. The van der Waals surface area contributed by atoms with Gasteiger partial charge in [-0.15, -0.1) is 0 Å². The molecule has 0 radical (unpaired) electrons. The number of piperidine rings is 1. The molecule has 1 aromatic heterocycles. The highest BCUT2D eigenvalue weighted by molar-refractivity contribution is 7.90. The Morgan fingerprint density at radius 1 is 1.45 bits per heavy atom. The number of aryl methyl sites for hydroxylation is 1. The number of aromatic amines is 1. The van der Waals surface area contributed by atoms with E-state index in [1.165, 1.54) is 10.5 Å². The highest BCUT2D eigenvalue weighted by Crippen LogP contribution is 2.23. The lowest BCUT2D eigenvalue weighted by molar-refractivity contribution is 0.0697. The highest BCUT2D eigenvalue weighted by Gasteiger charge is 2.28. The Kier molecular flexibility index (Phi) is 4.05. The molecule has 8 heteroatoms. The first-order valence-electron chi connectivity index (χ1n) is 6.50.